The molecule has 9 heteroatoms. The lowest BCUT2D eigenvalue weighted by Gasteiger charge is -2.30. The van der Waals surface area contributed by atoms with Gasteiger partial charge in [-0.3, -0.25) is 14.6 Å². The molecule has 0 spiro atoms. The molecular formula is C36H48N4O5. The van der Waals surface area contributed by atoms with Crippen LogP contribution in [0.4, 0.5) is 4.79 Å². The molecule has 5 atom stereocenters. The van der Waals surface area contributed by atoms with Crippen LogP contribution in [-0.2, 0) is 33.7 Å². The molecule has 0 saturated carbocycles. The monoisotopic (exact) mass is 616 g/mol. The topological polar surface area (TPSA) is 130 Å². The van der Waals surface area contributed by atoms with Crippen LogP contribution in [0.3, 0.4) is 0 Å². The quantitative estimate of drug-likeness (QED) is 0.191. The van der Waals surface area contributed by atoms with Crippen molar-refractivity contribution in [1.29, 1.82) is 0 Å². The van der Waals surface area contributed by atoms with Gasteiger partial charge in [-0.05, 0) is 69.2 Å². The van der Waals surface area contributed by atoms with Gasteiger partial charge in [0.15, 0.2) is 0 Å². The molecule has 0 saturated heterocycles. The fourth-order valence-corrected chi connectivity index (χ4v) is 5.01. The van der Waals surface area contributed by atoms with Crippen molar-refractivity contribution in [2.45, 2.75) is 90.6 Å². The Kier molecular flexibility index (Phi) is 13.5. The van der Waals surface area contributed by atoms with Crippen LogP contribution in [-0.4, -0.2) is 51.8 Å². The maximum Gasteiger partial charge on any atom is 0.407 e. The van der Waals surface area contributed by atoms with Gasteiger partial charge < -0.3 is 25.8 Å². The Morgan fingerprint density at radius 1 is 0.844 bits per heavy atom. The molecular weight excluding hydrogens is 568 g/mol. The van der Waals surface area contributed by atoms with Crippen LogP contribution >= 0.6 is 0 Å². The van der Waals surface area contributed by atoms with E-state index < -0.39 is 35.8 Å². The highest BCUT2D eigenvalue weighted by molar-refractivity contribution is 5.88. The second kappa shape index (κ2) is 17.3. The summed E-state index contributed by atoms with van der Waals surface area (Å²) in [6.45, 7) is 9.46. The number of amides is 3. The first-order chi connectivity index (χ1) is 21.4. The van der Waals surface area contributed by atoms with E-state index in [0.29, 0.717) is 25.0 Å². The zero-order chi connectivity index (χ0) is 32.8. The van der Waals surface area contributed by atoms with Gasteiger partial charge in [0.05, 0.1) is 24.4 Å². The van der Waals surface area contributed by atoms with Crippen molar-refractivity contribution in [3.05, 3.63) is 102 Å². The first-order valence-corrected chi connectivity index (χ1v) is 15.7. The summed E-state index contributed by atoms with van der Waals surface area (Å²) >= 11 is 0. The molecule has 45 heavy (non-hydrogen) atoms. The third-order valence-electron chi connectivity index (χ3n) is 7.65. The largest absolute Gasteiger partial charge is 0.444 e. The van der Waals surface area contributed by atoms with E-state index >= 15 is 0 Å². The fourth-order valence-electron chi connectivity index (χ4n) is 5.01. The van der Waals surface area contributed by atoms with Crippen molar-refractivity contribution in [3.8, 4) is 0 Å². The maximum absolute atomic E-state index is 14.0. The molecule has 0 radical (unpaired) electrons. The minimum absolute atomic E-state index is 0.0524. The first-order valence-electron chi connectivity index (χ1n) is 15.7. The number of aliphatic hydroxyl groups is 1. The standard InChI is InChI=1S/C36H48N4O5/c1-6-25(2)32(34(43)38-24-29-19-13-14-20-37-29)40-33(42)28(21-26-15-9-7-10-16-26)23-31(41)30(22-27-17-11-8-12-18-27)39-35(44)45-36(3,4)5/h7-20,25,28,30-32,41H,6,21-24H2,1-5H3,(H,38,43)(H,39,44)(H,40,42)/t25-,28-,30-,31-,32-/m0/s1. The maximum atomic E-state index is 14.0. The van der Waals surface area contributed by atoms with E-state index in [1.165, 1.54) is 0 Å². The van der Waals surface area contributed by atoms with E-state index in [4.69, 9.17) is 4.74 Å². The highest BCUT2D eigenvalue weighted by atomic mass is 16.6. The molecule has 1 aromatic heterocycles. The van der Waals surface area contributed by atoms with E-state index in [1.54, 1.807) is 27.0 Å². The molecule has 2 aromatic carbocycles. The van der Waals surface area contributed by atoms with Crippen LogP contribution in [0.5, 0.6) is 0 Å². The highest BCUT2D eigenvalue weighted by Gasteiger charge is 2.33. The van der Waals surface area contributed by atoms with Gasteiger partial charge in [-0.15, -0.1) is 0 Å². The number of carbonyl (C=O) groups excluding carboxylic acids is 3. The molecule has 9 nitrogen and oxygen atoms in total. The third kappa shape index (κ3) is 12.3. The molecule has 3 amide bonds. The Hall–Kier alpha value is -4.24. The number of alkyl carbamates (subject to hydrolysis) is 1. The Balaban J connectivity index is 1.82. The van der Waals surface area contributed by atoms with E-state index in [1.807, 2.05) is 92.7 Å². The molecule has 0 aliphatic carbocycles. The van der Waals surface area contributed by atoms with Crippen LogP contribution in [0.25, 0.3) is 0 Å². The van der Waals surface area contributed by atoms with Gasteiger partial charge in [-0.25, -0.2) is 4.79 Å². The predicted octanol–water partition coefficient (Wildman–Crippen LogP) is 4.97. The molecule has 242 valence electrons. The number of nitrogens with zero attached hydrogens (tertiary/aromatic N) is 1. The number of carbonyl (C=O) groups is 3. The van der Waals surface area contributed by atoms with Crippen LogP contribution in [0.2, 0.25) is 0 Å². The van der Waals surface area contributed by atoms with E-state index in [2.05, 4.69) is 20.9 Å². The van der Waals surface area contributed by atoms with Gasteiger partial charge in [-0.1, -0.05) is 87.0 Å². The van der Waals surface area contributed by atoms with Crippen molar-refractivity contribution in [3.63, 3.8) is 0 Å². The van der Waals surface area contributed by atoms with Crippen LogP contribution in [0.15, 0.2) is 85.1 Å². The summed E-state index contributed by atoms with van der Waals surface area (Å²) in [6, 6.07) is 23.1. The second-order valence-electron chi connectivity index (χ2n) is 12.5. The number of nitrogens with one attached hydrogen (secondary N) is 3. The molecule has 0 aliphatic rings. The molecule has 1 heterocycles. The number of aliphatic hydroxyl groups excluding tert-OH is 1. The average molecular weight is 617 g/mol. The zero-order valence-electron chi connectivity index (χ0n) is 27.0. The Labute approximate surface area is 267 Å². The lowest BCUT2D eigenvalue weighted by molar-refractivity contribution is -0.133. The number of ether oxygens (including phenoxy) is 1. The molecule has 4 N–H and O–H groups in total. The molecule has 0 unspecified atom stereocenters. The van der Waals surface area contributed by atoms with Crippen molar-refractivity contribution in [2.24, 2.45) is 11.8 Å². The number of rotatable bonds is 15. The van der Waals surface area contributed by atoms with Gasteiger partial charge in [0.1, 0.15) is 11.6 Å². The summed E-state index contributed by atoms with van der Waals surface area (Å²) in [6.07, 6.45) is 1.34. The minimum Gasteiger partial charge on any atom is -0.444 e. The fraction of sp³-hybridized carbons (Fsp3) is 0.444. The van der Waals surface area contributed by atoms with Crippen LogP contribution in [0, 0.1) is 11.8 Å². The Bertz CT molecular complexity index is 1330. The van der Waals surface area contributed by atoms with E-state index in [-0.39, 0.29) is 30.7 Å². The van der Waals surface area contributed by atoms with Crippen molar-refractivity contribution in [1.82, 2.24) is 20.9 Å². The summed E-state index contributed by atoms with van der Waals surface area (Å²) in [5.74, 6) is -1.46. The number of aromatic nitrogens is 1. The predicted molar refractivity (Wildman–Crippen MR) is 175 cm³/mol. The Morgan fingerprint density at radius 3 is 2.00 bits per heavy atom. The van der Waals surface area contributed by atoms with Gasteiger partial charge in [-0.2, -0.15) is 0 Å². The number of hydrogen-bond acceptors (Lipinski definition) is 6. The normalized spacial score (nSPS) is 14.7. The molecule has 3 rings (SSSR count). The summed E-state index contributed by atoms with van der Waals surface area (Å²) in [4.78, 5) is 44.4. The summed E-state index contributed by atoms with van der Waals surface area (Å²) in [5, 5.41) is 20.3. The zero-order valence-corrected chi connectivity index (χ0v) is 27.0. The lowest BCUT2D eigenvalue weighted by atomic mass is 9.88. The molecule has 0 aliphatic heterocycles. The third-order valence-corrected chi connectivity index (χ3v) is 7.65. The van der Waals surface area contributed by atoms with Crippen LogP contribution < -0.4 is 16.0 Å². The second-order valence-corrected chi connectivity index (χ2v) is 12.5. The van der Waals surface area contributed by atoms with Crippen molar-refractivity contribution < 1.29 is 24.2 Å². The SMILES string of the molecule is CC[C@H](C)[C@H](NC(=O)[C@@H](Cc1ccccc1)C[C@H](O)[C@H](Cc1ccccc1)NC(=O)OC(C)(C)C)C(=O)NCc1ccccn1. The molecule has 0 bridgehead atoms. The van der Waals surface area contributed by atoms with Gasteiger partial charge in [0, 0.05) is 12.1 Å². The minimum atomic E-state index is -1.09. The van der Waals surface area contributed by atoms with Crippen molar-refractivity contribution in [2.75, 3.05) is 0 Å². The first kappa shape index (κ1) is 35.2. The van der Waals surface area contributed by atoms with Gasteiger partial charge in [0.2, 0.25) is 11.8 Å². The van der Waals surface area contributed by atoms with Crippen molar-refractivity contribution >= 4 is 17.9 Å². The number of pyridine rings is 1. The summed E-state index contributed by atoms with van der Waals surface area (Å²) in [5.41, 5.74) is 1.84. The highest BCUT2D eigenvalue weighted by Crippen LogP contribution is 2.21. The number of benzene rings is 2. The van der Waals surface area contributed by atoms with E-state index in [9.17, 15) is 19.5 Å². The number of hydrogen-bond donors (Lipinski definition) is 4. The Morgan fingerprint density at radius 2 is 1.44 bits per heavy atom. The average Bonchev–Trinajstić information content (AvgIpc) is 3.02. The van der Waals surface area contributed by atoms with Gasteiger partial charge >= 0.3 is 6.09 Å². The van der Waals surface area contributed by atoms with Gasteiger partial charge in [0.25, 0.3) is 0 Å². The smallest absolute Gasteiger partial charge is 0.407 e. The molecule has 0 fully saturated rings. The lowest BCUT2D eigenvalue weighted by Crippen LogP contribution is -2.53. The molecule has 3 aromatic rings. The summed E-state index contributed by atoms with van der Waals surface area (Å²) < 4.78 is 5.49. The van der Waals surface area contributed by atoms with Crippen LogP contribution in [0.1, 0.15) is 64.3 Å². The summed E-state index contributed by atoms with van der Waals surface area (Å²) in [7, 11) is 0. The van der Waals surface area contributed by atoms with E-state index in [0.717, 1.165) is 11.1 Å².